The van der Waals surface area contributed by atoms with Crippen molar-refractivity contribution in [2.24, 2.45) is 0 Å². The Labute approximate surface area is 228 Å². The highest BCUT2D eigenvalue weighted by molar-refractivity contribution is 5.88. The molecule has 8 nitrogen and oxygen atoms in total. The van der Waals surface area contributed by atoms with E-state index in [1.807, 2.05) is 54.6 Å². The monoisotopic (exact) mass is 520 g/mol. The van der Waals surface area contributed by atoms with Gasteiger partial charge in [0, 0.05) is 39.3 Å². The fourth-order valence-corrected chi connectivity index (χ4v) is 4.86. The summed E-state index contributed by atoms with van der Waals surface area (Å²) in [7, 11) is 1.63. The topological polar surface area (TPSA) is 94.4 Å². The first-order valence-corrected chi connectivity index (χ1v) is 13.2. The Morgan fingerprint density at radius 2 is 1.59 bits per heavy atom. The predicted octanol–water partition coefficient (Wildman–Crippen LogP) is 3.93. The maximum Gasteiger partial charge on any atom is 0.243 e. The quantitative estimate of drug-likeness (QED) is 0.357. The minimum absolute atomic E-state index is 0.362. The second-order valence-corrected chi connectivity index (χ2v) is 9.62. The standard InChI is InChI=1S/C31H32N6O2/c1-39-25-13-11-23(12-14-25)15-16-33-31(38)26(21-32)29-30(35-28-10-6-5-9-27(28)34-29)37-19-17-36(18-20-37)22-24-7-3-2-4-8-24/h2-14,26H,15-20,22H2,1H3,(H,33,38). The number of hydrogen-bond donors (Lipinski definition) is 1. The fraction of sp³-hybridized carbons (Fsp3) is 0.290. The van der Waals surface area contributed by atoms with E-state index >= 15 is 0 Å². The van der Waals surface area contributed by atoms with Crippen LogP contribution in [0.25, 0.3) is 11.0 Å². The second-order valence-electron chi connectivity index (χ2n) is 9.62. The van der Waals surface area contributed by atoms with Crippen molar-refractivity contribution in [2.45, 2.75) is 18.9 Å². The number of carbonyl (C=O) groups is 1. The second kappa shape index (κ2) is 12.4. The van der Waals surface area contributed by atoms with E-state index < -0.39 is 5.92 Å². The van der Waals surface area contributed by atoms with Crippen LogP contribution >= 0.6 is 0 Å². The Kier molecular flexibility index (Phi) is 8.29. The lowest BCUT2D eigenvalue weighted by Gasteiger charge is -2.36. The van der Waals surface area contributed by atoms with Crippen LogP contribution in [0.2, 0.25) is 0 Å². The summed E-state index contributed by atoms with van der Waals surface area (Å²) >= 11 is 0. The molecule has 39 heavy (non-hydrogen) atoms. The van der Waals surface area contributed by atoms with Gasteiger partial charge < -0.3 is 15.0 Å². The molecule has 198 valence electrons. The van der Waals surface area contributed by atoms with E-state index in [-0.39, 0.29) is 5.91 Å². The Balaban J connectivity index is 1.31. The molecule has 4 aromatic rings. The first kappa shape index (κ1) is 26.1. The lowest BCUT2D eigenvalue weighted by molar-refractivity contribution is -0.121. The molecule has 1 aliphatic rings. The molecule has 0 spiro atoms. The highest BCUT2D eigenvalue weighted by Crippen LogP contribution is 2.28. The maximum absolute atomic E-state index is 13.2. The van der Waals surface area contributed by atoms with Crippen LogP contribution in [0.1, 0.15) is 22.7 Å². The lowest BCUT2D eigenvalue weighted by Crippen LogP contribution is -2.47. The summed E-state index contributed by atoms with van der Waals surface area (Å²) in [5.74, 6) is -0.0181. The van der Waals surface area contributed by atoms with E-state index in [4.69, 9.17) is 14.7 Å². The summed E-state index contributed by atoms with van der Waals surface area (Å²) in [4.78, 5) is 27.5. The van der Waals surface area contributed by atoms with Crippen molar-refractivity contribution in [2.75, 3.05) is 44.7 Å². The number of para-hydroxylation sites is 2. The molecule has 0 saturated carbocycles. The molecule has 5 rings (SSSR count). The summed E-state index contributed by atoms with van der Waals surface area (Å²) in [6.45, 7) is 4.50. The molecule has 1 aliphatic heterocycles. The van der Waals surface area contributed by atoms with Gasteiger partial charge in [-0.05, 0) is 41.8 Å². The van der Waals surface area contributed by atoms with Crippen LogP contribution in [0.4, 0.5) is 5.82 Å². The molecule has 1 amide bonds. The summed E-state index contributed by atoms with van der Waals surface area (Å²) in [5.41, 5.74) is 4.19. The number of nitriles is 1. The highest BCUT2D eigenvalue weighted by atomic mass is 16.5. The first-order valence-electron chi connectivity index (χ1n) is 13.2. The van der Waals surface area contributed by atoms with E-state index in [2.05, 4.69) is 45.5 Å². The van der Waals surface area contributed by atoms with Gasteiger partial charge >= 0.3 is 0 Å². The molecule has 1 fully saturated rings. The van der Waals surface area contributed by atoms with Gasteiger partial charge in [0.1, 0.15) is 11.4 Å². The van der Waals surface area contributed by atoms with Crippen molar-refractivity contribution in [3.8, 4) is 11.8 Å². The van der Waals surface area contributed by atoms with E-state index in [1.54, 1.807) is 7.11 Å². The number of anilines is 1. The number of hydrogen-bond acceptors (Lipinski definition) is 7. The summed E-state index contributed by atoms with van der Waals surface area (Å²) < 4.78 is 5.21. The summed E-state index contributed by atoms with van der Waals surface area (Å²) in [6.07, 6.45) is 0.646. The summed E-state index contributed by atoms with van der Waals surface area (Å²) in [6, 6.07) is 28.0. The van der Waals surface area contributed by atoms with Crippen LogP contribution in [0, 0.1) is 11.3 Å². The molecule has 0 bridgehead atoms. The van der Waals surface area contributed by atoms with Gasteiger partial charge in [0.15, 0.2) is 11.7 Å². The molecule has 1 unspecified atom stereocenters. The number of rotatable bonds is 9. The molecule has 0 radical (unpaired) electrons. The zero-order valence-corrected chi connectivity index (χ0v) is 22.1. The van der Waals surface area contributed by atoms with E-state index in [0.717, 1.165) is 49.6 Å². The van der Waals surface area contributed by atoms with Crippen molar-refractivity contribution < 1.29 is 9.53 Å². The van der Waals surface area contributed by atoms with Crippen molar-refractivity contribution >= 4 is 22.8 Å². The number of piperazine rings is 1. The predicted molar refractivity (Wildman–Crippen MR) is 152 cm³/mol. The number of fused-ring (bicyclic) bond motifs is 1. The van der Waals surface area contributed by atoms with Crippen molar-refractivity contribution in [1.29, 1.82) is 5.26 Å². The molecule has 0 aliphatic carbocycles. The number of nitrogens with one attached hydrogen (secondary N) is 1. The smallest absolute Gasteiger partial charge is 0.243 e. The van der Waals surface area contributed by atoms with Gasteiger partial charge in [-0.3, -0.25) is 9.69 Å². The number of amides is 1. The Hall–Kier alpha value is -4.48. The number of carbonyl (C=O) groups excluding carboxylic acids is 1. The Bertz CT molecular complexity index is 1440. The van der Waals surface area contributed by atoms with Gasteiger partial charge in [-0.25, -0.2) is 9.97 Å². The van der Waals surface area contributed by atoms with Crippen LogP contribution in [-0.4, -0.2) is 60.6 Å². The van der Waals surface area contributed by atoms with Gasteiger partial charge in [-0.2, -0.15) is 5.26 Å². The maximum atomic E-state index is 13.2. The molecular formula is C31H32N6O2. The third kappa shape index (κ3) is 6.33. The Morgan fingerprint density at radius 3 is 2.26 bits per heavy atom. The number of nitrogens with zero attached hydrogens (tertiary/aromatic N) is 5. The van der Waals surface area contributed by atoms with E-state index in [9.17, 15) is 10.1 Å². The van der Waals surface area contributed by atoms with Crippen LogP contribution < -0.4 is 15.0 Å². The van der Waals surface area contributed by atoms with Crippen molar-refractivity contribution in [3.63, 3.8) is 0 Å². The normalized spacial score (nSPS) is 14.5. The summed E-state index contributed by atoms with van der Waals surface area (Å²) in [5, 5.41) is 13.0. The van der Waals surface area contributed by atoms with Crippen molar-refractivity contribution in [3.05, 3.63) is 95.7 Å². The van der Waals surface area contributed by atoms with Crippen LogP contribution in [0.5, 0.6) is 5.75 Å². The zero-order valence-electron chi connectivity index (χ0n) is 22.1. The number of methoxy groups -OCH3 is 1. The minimum atomic E-state index is -1.06. The minimum Gasteiger partial charge on any atom is -0.497 e. The van der Waals surface area contributed by atoms with Crippen LogP contribution in [0.3, 0.4) is 0 Å². The number of benzene rings is 3. The number of ether oxygens (including phenoxy) is 1. The van der Waals surface area contributed by atoms with E-state index in [1.165, 1.54) is 5.56 Å². The van der Waals surface area contributed by atoms with Crippen LogP contribution in [-0.2, 0) is 17.8 Å². The van der Waals surface area contributed by atoms with Gasteiger partial charge in [0.25, 0.3) is 0 Å². The highest BCUT2D eigenvalue weighted by Gasteiger charge is 2.30. The molecule has 1 atom stereocenters. The van der Waals surface area contributed by atoms with Gasteiger partial charge in [-0.15, -0.1) is 0 Å². The lowest BCUT2D eigenvalue weighted by atomic mass is 10.0. The van der Waals surface area contributed by atoms with Gasteiger partial charge in [0.05, 0.1) is 24.2 Å². The molecule has 1 saturated heterocycles. The third-order valence-corrected chi connectivity index (χ3v) is 7.04. The average Bonchev–Trinajstić information content (AvgIpc) is 2.98. The molecular weight excluding hydrogens is 488 g/mol. The molecule has 1 aromatic heterocycles. The van der Waals surface area contributed by atoms with E-state index in [0.29, 0.717) is 30.0 Å². The zero-order chi connectivity index (χ0) is 27.0. The fourth-order valence-electron chi connectivity index (χ4n) is 4.86. The molecule has 8 heteroatoms. The molecule has 1 N–H and O–H groups in total. The van der Waals surface area contributed by atoms with Gasteiger partial charge in [-0.1, -0.05) is 54.6 Å². The molecule has 2 heterocycles. The third-order valence-electron chi connectivity index (χ3n) is 7.04. The number of aromatic nitrogens is 2. The largest absolute Gasteiger partial charge is 0.497 e. The first-order chi connectivity index (χ1) is 19.1. The van der Waals surface area contributed by atoms with Crippen LogP contribution in [0.15, 0.2) is 78.9 Å². The Morgan fingerprint density at radius 1 is 0.923 bits per heavy atom. The molecule has 3 aromatic carbocycles. The SMILES string of the molecule is COc1ccc(CCNC(=O)C(C#N)c2nc3ccccc3nc2N2CCN(Cc3ccccc3)CC2)cc1. The average molecular weight is 521 g/mol. The van der Waals surface area contributed by atoms with Gasteiger partial charge in [0.2, 0.25) is 5.91 Å². The van der Waals surface area contributed by atoms with Crippen molar-refractivity contribution in [1.82, 2.24) is 20.2 Å².